The first kappa shape index (κ1) is 24.3. The van der Waals surface area contributed by atoms with Crippen molar-refractivity contribution in [2.45, 2.75) is 50.5 Å². The van der Waals surface area contributed by atoms with E-state index in [4.69, 9.17) is 9.47 Å². The molecule has 1 heterocycles. The molecule has 33 heavy (non-hydrogen) atoms. The highest BCUT2D eigenvalue weighted by Gasteiger charge is 2.51. The summed E-state index contributed by atoms with van der Waals surface area (Å²) in [7, 11) is 1.19. The van der Waals surface area contributed by atoms with Gasteiger partial charge in [-0.3, -0.25) is 9.69 Å². The zero-order valence-electron chi connectivity index (χ0n) is 18.9. The van der Waals surface area contributed by atoms with Crippen molar-refractivity contribution in [2.24, 2.45) is 0 Å². The molecule has 2 N–H and O–H groups in total. The lowest BCUT2D eigenvalue weighted by Gasteiger charge is -2.37. The fraction of sp³-hybridized carbons (Fsp3) is 0.400. The molecular weight excluding hydrogens is 424 g/mol. The second-order valence-corrected chi connectivity index (χ2v) is 8.20. The van der Waals surface area contributed by atoms with Gasteiger partial charge < -0.3 is 19.9 Å². The number of carbonyl (C=O) groups is 3. The van der Waals surface area contributed by atoms with E-state index < -0.39 is 35.7 Å². The number of aliphatic hydroxyl groups is 1. The van der Waals surface area contributed by atoms with Crippen LogP contribution in [0.4, 0.5) is 4.79 Å². The molecule has 2 amide bonds. The zero-order chi connectivity index (χ0) is 23.8. The molecule has 1 saturated heterocycles. The summed E-state index contributed by atoms with van der Waals surface area (Å²) in [6.07, 6.45) is -0.544. The van der Waals surface area contributed by atoms with Gasteiger partial charge in [-0.05, 0) is 30.9 Å². The minimum absolute atomic E-state index is 0.0810. The molecule has 0 bridgehead atoms. The van der Waals surface area contributed by atoms with Crippen LogP contribution in [0.1, 0.15) is 30.9 Å². The van der Waals surface area contributed by atoms with Crippen molar-refractivity contribution in [1.82, 2.24) is 10.2 Å². The smallest absolute Gasteiger partial charge is 0.411 e. The summed E-state index contributed by atoms with van der Waals surface area (Å²) in [5.74, 6) is -1.29. The normalized spacial score (nSPS) is 19.4. The monoisotopic (exact) mass is 454 g/mol. The van der Waals surface area contributed by atoms with E-state index in [2.05, 4.69) is 5.32 Å². The first-order valence-electron chi connectivity index (χ1n) is 11.0. The van der Waals surface area contributed by atoms with Crippen molar-refractivity contribution >= 4 is 18.0 Å². The van der Waals surface area contributed by atoms with E-state index in [1.54, 1.807) is 0 Å². The molecule has 2 aromatic rings. The van der Waals surface area contributed by atoms with Crippen molar-refractivity contribution in [3.63, 3.8) is 0 Å². The number of carbonyl (C=O) groups excluding carboxylic acids is 3. The third kappa shape index (κ3) is 5.70. The van der Waals surface area contributed by atoms with Crippen LogP contribution in [0.3, 0.4) is 0 Å². The van der Waals surface area contributed by atoms with Gasteiger partial charge in [0, 0.05) is 13.0 Å². The van der Waals surface area contributed by atoms with E-state index in [0.29, 0.717) is 19.4 Å². The second kappa shape index (κ2) is 11.0. The van der Waals surface area contributed by atoms with Gasteiger partial charge >= 0.3 is 12.1 Å². The molecule has 0 spiro atoms. The highest BCUT2D eigenvalue weighted by Crippen LogP contribution is 2.34. The molecule has 2 aromatic carbocycles. The fourth-order valence-corrected chi connectivity index (χ4v) is 4.15. The Morgan fingerprint density at radius 2 is 1.67 bits per heavy atom. The Morgan fingerprint density at radius 1 is 1.06 bits per heavy atom. The van der Waals surface area contributed by atoms with Crippen LogP contribution < -0.4 is 5.32 Å². The lowest BCUT2D eigenvalue weighted by Crippen LogP contribution is -2.62. The van der Waals surface area contributed by atoms with Crippen molar-refractivity contribution < 1.29 is 29.0 Å². The molecule has 3 atom stereocenters. The number of methoxy groups -OCH3 is 1. The van der Waals surface area contributed by atoms with Gasteiger partial charge in [-0.25, -0.2) is 9.59 Å². The Hall–Kier alpha value is -3.39. The summed E-state index contributed by atoms with van der Waals surface area (Å²) in [5.41, 5.74) is 0.432. The van der Waals surface area contributed by atoms with Crippen LogP contribution in [0.2, 0.25) is 0 Å². The maximum atomic E-state index is 13.6. The molecule has 1 aliphatic heterocycles. The van der Waals surface area contributed by atoms with Gasteiger partial charge in [-0.15, -0.1) is 0 Å². The molecule has 0 saturated carbocycles. The predicted molar refractivity (Wildman–Crippen MR) is 121 cm³/mol. The van der Waals surface area contributed by atoms with Crippen molar-refractivity contribution in [3.05, 3.63) is 71.8 Å². The Kier molecular flexibility index (Phi) is 8.06. The standard InChI is InChI=1S/C25H30N2O6/c1-18(28)21(22(29)32-2)26-23(30)25(16-19-10-5-3-6-11-19)14-9-15-27(25)24(31)33-17-20-12-7-4-8-13-20/h3-8,10-13,18,21,28H,9,14-17H2,1-2H3,(H,26,30). The highest BCUT2D eigenvalue weighted by molar-refractivity contribution is 5.94. The number of ether oxygens (including phenoxy) is 2. The molecule has 0 aromatic heterocycles. The van der Waals surface area contributed by atoms with Crippen LogP contribution in [0.25, 0.3) is 0 Å². The Morgan fingerprint density at radius 3 is 2.24 bits per heavy atom. The number of benzene rings is 2. The molecule has 3 unspecified atom stereocenters. The van der Waals surface area contributed by atoms with Crippen LogP contribution in [-0.2, 0) is 32.1 Å². The van der Waals surface area contributed by atoms with Gasteiger partial charge in [0.05, 0.1) is 13.2 Å². The van der Waals surface area contributed by atoms with Gasteiger partial charge in [0.1, 0.15) is 12.1 Å². The van der Waals surface area contributed by atoms with Crippen LogP contribution >= 0.6 is 0 Å². The summed E-state index contributed by atoms with van der Waals surface area (Å²) < 4.78 is 10.3. The molecule has 0 radical (unpaired) electrons. The number of hydrogen-bond donors (Lipinski definition) is 2. The molecule has 8 nitrogen and oxygen atoms in total. The van der Waals surface area contributed by atoms with E-state index in [9.17, 15) is 19.5 Å². The Bertz CT molecular complexity index is 950. The first-order chi connectivity index (χ1) is 15.9. The summed E-state index contributed by atoms with van der Waals surface area (Å²) >= 11 is 0. The molecular formula is C25H30N2O6. The summed E-state index contributed by atoms with van der Waals surface area (Å²) in [6, 6.07) is 17.4. The summed E-state index contributed by atoms with van der Waals surface area (Å²) in [5, 5.41) is 12.7. The number of nitrogens with zero attached hydrogens (tertiary/aromatic N) is 1. The SMILES string of the molecule is COC(=O)C(NC(=O)C1(Cc2ccccc2)CCCN1C(=O)OCc1ccccc1)C(C)O. The van der Waals surface area contributed by atoms with Crippen LogP contribution in [0, 0.1) is 0 Å². The van der Waals surface area contributed by atoms with Gasteiger partial charge in [0.15, 0.2) is 6.04 Å². The summed E-state index contributed by atoms with van der Waals surface area (Å²) in [6.45, 7) is 1.81. The number of hydrogen-bond acceptors (Lipinski definition) is 6. The van der Waals surface area contributed by atoms with Crippen LogP contribution in [0.5, 0.6) is 0 Å². The maximum absolute atomic E-state index is 13.6. The largest absolute Gasteiger partial charge is 0.467 e. The zero-order valence-corrected chi connectivity index (χ0v) is 18.9. The van der Waals surface area contributed by atoms with Gasteiger partial charge in [0.2, 0.25) is 5.91 Å². The third-order valence-corrected chi connectivity index (χ3v) is 5.90. The number of aliphatic hydroxyl groups excluding tert-OH is 1. The third-order valence-electron chi connectivity index (χ3n) is 5.90. The topological polar surface area (TPSA) is 105 Å². The molecule has 1 aliphatic rings. The second-order valence-electron chi connectivity index (χ2n) is 8.20. The Balaban J connectivity index is 1.87. The summed E-state index contributed by atoms with van der Waals surface area (Å²) in [4.78, 5) is 40.3. The highest BCUT2D eigenvalue weighted by atomic mass is 16.6. The average molecular weight is 455 g/mol. The minimum atomic E-state index is -1.27. The van der Waals surface area contributed by atoms with E-state index in [0.717, 1.165) is 11.1 Å². The van der Waals surface area contributed by atoms with Crippen LogP contribution in [0.15, 0.2) is 60.7 Å². The van der Waals surface area contributed by atoms with Crippen molar-refractivity contribution in [2.75, 3.05) is 13.7 Å². The predicted octanol–water partition coefficient (Wildman–Crippen LogP) is 2.44. The van der Waals surface area contributed by atoms with Crippen molar-refractivity contribution in [3.8, 4) is 0 Å². The van der Waals surface area contributed by atoms with Crippen molar-refractivity contribution in [1.29, 1.82) is 0 Å². The van der Waals surface area contributed by atoms with E-state index in [1.807, 2.05) is 60.7 Å². The molecule has 8 heteroatoms. The van der Waals surface area contributed by atoms with Gasteiger partial charge in [0.25, 0.3) is 0 Å². The van der Waals surface area contributed by atoms with E-state index >= 15 is 0 Å². The fourth-order valence-electron chi connectivity index (χ4n) is 4.15. The molecule has 0 aliphatic carbocycles. The van der Waals surface area contributed by atoms with Crippen LogP contribution in [-0.4, -0.2) is 59.3 Å². The number of rotatable bonds is 8. The number of likely N-dealkylation sites (tertiary alicyclic amines) is 1. The number of amides is 2. The molecule has 176 valence electrons. The molecule has 1 fully saturated rings. The quantitative estimate of drug-likeness (QED) is 0.594. The maximum Gasteiger partial charge on any atom is 0.411 e. The lowest BCUT2D eigenvalue weighted by molar-refractivity contribution is -0.149. The van der Waals surface area contributed by atoms with Gasteiger partial charge in [-0.1, -0.05) is 60.7 Å². The Labute approximate surface area is 193 Å². The molecule has 3 rings (SSSR count). The number of nitrogens with one attached hydrogen (secondary N) is 1. The first-order valence-corrected chi connectivity index (χ1v) is 11.0. The lowest BCUT2D eigenvalue weighted by atomic mass is 9.86. The minimum Gasteiger partial charge on any atom is -0.467 e. The number of esters is 1. The van der Waals surface area contributed by atoms with Gasteiger partial charge in [-0.2, -0.15) is 0 Å². The average Bonchev–Trinajstić information content (AvgIpc) is 3.26. The van der Waals surface area contributed by atoms with E-state index in [1.165, 1.54) is 18.9 Å². The van der Waals surface area contributed by atoms with E-state index in [-0.39, 0.29) is 13.0 Å².